The van der Waals surface area contributed by atoms with Crippen LogP contribution in [0, 0.1) is 12.7 Å². The second kappa shape index (κ2) is 7.13. The average Bonchev–Trinajstić information content (AvgIpc) is 2.57. The predicted octanol–water partition coefficient (Wildman–Crippen LogP) is 3.95. The van der Waals surface area contributed by atoms with Gasteiger partial charge in [-0.2, -0.15) is 0 Å². The monoisotopic (exact) mass is 320 g/mol. The van der Waals surface area contributed by atoms with E-state index < -0.39 is 0 Å². The second-order valence-electron chi connectivity index (χ2n) is 5.71. The Hall–Kier alpha value is -2.88. The third-order valence-electron chi connectivity index (χ3n) is 3.71. The molecule has 0 bridgehead atoms. The Morgan fingerprint density at radius 1 is 1.00 bits per heavy atom. The van der Waals surface area contributed by atoms with E-state index in [4.69, 9.17) is 0 Å². The van der Waals surface area contributed by atoms with Crippen LogP contribution in [0.25, 0.3) is 11.3 Å². The number of nitrogens with zero attached hydrogens (tertiary/aromatic N) is 2. The standard InChI is InChI=1S/C20H17FN2O/c1-14-22-10-9-20(23-14)17-4-2-3-16(11-17)13-19(24)12-15-5-7-18(21)8-6-15/h2-11H,12-13H2,1H3. The van der Waals surface area contributed by atoms with Gasteiger partial charge >= 0.3 is 0 Å². The average molecular weight is 320 g/mol. The van der Waals surface area contributed by atoms with E-state index >= 15 is 0 Å². The van der Waals surface area contributed by atoms with Crippen molar-refractivity contribution in [3.63, 3.8) is 0 Å². The molecule has 0 aliphatic heterocycles. The van der Waals surface area contributed by atoms with Gasteiger partial charge in [0.2, 0.25) is 0 Å². The van der Waals surface area contributed by atoms with E-state index in [0.717, 1.165) is 22.4 Å². The lowest BCUT2D eigenvalue weighted by molar-refractivity contribution is -0.117. The first-order valence-corrected chi connectivity index (χ1v) is 7.75. The van der Waals surface area contributed by atoms with E-state index in [2.05, 4.69) is 9.97 Å². The minimum Gasteiger partial charge on any atom is -0.299 e. The predicted molar refractivity (Wildman–Crippen MR) is 91.0 cm³/mol. The summed E-state index contributed by atoms with van der Waals surface area (Å²) in [5.41, 5.74) is 3.57. The molecule has 0 fully saturated rings. The molecular formula is C20H17FN2O. The molecule has 3 rings (SSSR count). The summed E-state index contributed by atoms with van der Waals surface area (Å²) < 4.78 is 12.9. The Bertz CT molecular complexity index is 860. The number of rotatable bonds is 5. The first kappa shape index (κ1) is 16.0. The van der Waals surface area contributed by atoms with Crippen molar-refractivity contribution < 1.29 is 9.18 Å². The Labute approximate surface area is 140 Å². The molecular weight excluding hydrogens is 303 g/mol. The number of carbonyl (C=O) groups excluding carboxylic acids is 1. The minimum absolute atomic E-state index is 0.0950. The minimum atomic E-state index is -0.293. The maximum absolute atomic E-state index is 12.9. The van der Waals surface area contributed by atoms with Crippen LogP contribution in [0.5, 0.6) is 0 Å². The third kappa shape index (κ3) is 4.10. The Morgan fingerprint density at radius 2 is 1.75 bits per heavy atom. The number of carbonyl (C=O) groups is 1. The quantitative estimate of drug-likeness (QED) is 0.715. The van der Waals surface area contributed by atoms with E-state index in [1.54, 1.807) is 18.3 Å². The molecule has 0 radical (unpaired) electrons. The fourth-order valence-electron chi connectivity index (χ4n) is 2.58. The highest BCUT2D eigenvalue weighted by Crippen LogP contribution is 2.18. The van der Waals surface area contributed by atoms with Crippen molar-refractivity contribution in [2.45, 2.75) is 19.8 Å². The molecule has 120 valence electrons. The molecule has 2 aromatic carbocycles. The highest BCUT2D eigenvalue weighted by molar-refractivity contribution is 5.83. The molecule has 0 saturated carbocycles. The second-order valence-corrected chi connectivity index (χ2v) is 5.71. The summed E-state index contributed by atoms with van der Waals surface area (Å²) in [5.74, 6) is 0.516. The zero-order valence-corrected chi connectivity index (χ0v) is 13.4. The first-order valence-electron chi connectivity index (χ1n) is 7.75. The summed E-state index contributed by atoms with van der Waals surface area (Å²) in [6, 6.07) is 15.7. The van der Waals surface area contributed by atoms with Gasteiger partial charge < -0.3 is 0 Å². The molecule has 0 aliphatic carbocycles. The van der Waals surface area contributed by atoms with Crippen molar-refractivity contribution in [3.05, 3.63) is 83.6 Å². The maximum atomic E-state index is 12.9. The van der Waals surface area contributed by atoms with Crippen molar-refractivity contribution in [1.29, 1.82) is 0 Å². The molecule has 0 amide bonds. The number of aromatic nitrogens is 2. The molecule has 3 nitrogen and oxygen atoms in total. The van der Waals surface area contributed by atoms with Gasteiger partial charge in [0.05, 0.1) is 5.69 Å². The van der Waals surface area contributed by atoms with Crippen LogP contribution in [0.1, 0.15) is 17.0 Å². The summed E-state index contributed by atoms with van der Waals surface area (Å²) in [7, 11) is 0. The molecule has 0 saturated heterocycles. The molecule has 24 heavy (non-hydrogen) atoms. The summed E-state index contributed by atoms with van der Waals surface area (Å²) in [6.07, 6.45) is 2.37. The smallest absolute Gasteiger partial charge is 0.141 e. The molecule has 0 spiro atoms. The van der Waals surface area contributed by atoms with E-state index in [0.29, 0.717) is 18.7 Å². The Morgan fingerprint density at radius 3 is 2.50 bits per heavy atom. The highest BCUT2D eigenvalue weighted by atomic mass is 19.1. The largest absolute Gasteiger partial charge is 0.299 e. The molecule has 0 N–H and O–H groups in total. The molecule has 0 unspecified atom stereocenters. The van der Waals surface area contributed by atoms with Crippen LogP contribution in [0.4, 0.5) is 4.39 Å². The lowest BCUT2D eigenvalue weighted by Gasteiger charge is -2.06. The van der Waals surface area contributed by atoms with Crippen LogP contribution < -0.4 is 0 Å². The summed E-state index contributed by atoms with van der Waals surface area (Å²) >= 11 is 0. The lowest BCUT2D eigenvalue weighted by atomic mass is 10.0. The van der Waals surface area contributed by atoms with Gasteiger partial charge in [-0.1, -0.05) is 30.3 Å². The van der Waals surface area contributed by atoms with Crippen molar-refractivity contribution >= 4 is 5.78 Å². The van der Waals surface area contributed by atoms with Crippen LogP contribution in [0.2, 0.25) is 0 Å². The van der Waals surface area contributed by atoms with E-state index in [1.807, 2.05) is 37.3 Å². The summed E-state index contributed by atoms with van der Waals surface area (Å²) in [6.45, 7) is 1.85. The number of hydrogen-bond donors (Lipinski definition) is 0. The molecule has 4 heteroatoms. The van der Waals surface area contributed by atoms with Crippen LogP contribution in [-0.4, -0.2) is 15.8 Å². The van der Waals surface area contributed by atoms with Gasteiger partial charge in [-0.25, -0.2) is 14.4 Å². The van der Waals surface area contributed by atoms with Gasteiger partial charge in [0.15, 0.2) is 0 Å². The van der Waals surface area contributed by atoms with Crippen LogP contribution in [0.15, 0.2) is 60.8 Å². The Balaban J connectivity index is 1.72. The fraction of sp³-hybridized carbons (Fsp3) is 0.150. The van der Waals surface area contributed by atoms with Gasteiger partial charge in [-0.05, 0) is 42.3 Å². The van der Waals surface area contributed by atoms with Crippen LogP contribution in [0.3, 0.4) is 0 Å². The number of aryl methyl sites for hydroxylation is 1. The van der Waals surface area contributed by atoms with Gasteiger partial charge in [-0.15, -0.1) is 0 Å². The topological polar surface area (TPSA) is 42.9 Å². The zero-order chi connectivity index (χ0) is 16.9. The number of ketones is 1. The highest BCUT2D eigenvalue weighted by Gasteiger charge is 2.07. The van der Waals surface area contributed by atoms with E-state index in [-0.39, 0.29) is 11.6 Å². The molecule has 0 aliphatic rings. The van der Waals surface area contributed by atoms with Gasteiger partial charge in [0.1, 0.15) is 17.4 Å². The van der Waals surface area contributed by atoms with E-state index in [1.165, 1.54) is 12.1 Å². The van der Waals surface area contributed by atoms with Crippen molar-refractivity contribution in [2.24, 2.45) is 0 Å². The maximum Gasteiger partial charge on any atom is 0.141 e. The molecule has 1 aromatic heterocycles. The SMILES string of the molecule is Cc1nccc(-c2cccc(CC(=O)Cc3ccc(F)cc3)c2)n1. The van der Waals surface area contributed by atoms with Crippen molar-refractivity contribution in [3.8, 4) is 11.3 Å². The Kier molecular flexibility index (Phi) is 4.75. The number of hydrogen-bond acceptors (Lipinski definition) is 3. The van der Waals surface area contributed by atoms with Gasteiger partial charge in [-0.3, -0.25) is 4.79 Å². The van der Waals surface area contributed by atoms with Gasteiger partial charge in [0, 0.05) is 24.6 Å². The normalized spacial score (nSPS) is 10.6. The molecule has 3 aromatic rings. The van der Waals surface area contributed by atoms with Gasteiger partial charge in [0.25, 0.3) is 0 Å². The van der Waals surface area contributed by atoms with E-state index in [9.17, 15) is 9.18 Å². The van der Waals surface area contributed by atoms with Crippen molar-refractivity contribution in [1.82, 2.24) is 9.97 Å². The number of Topliss-reactive ketones (excluding diaryl/α,β-unsaturated/α-hetero) is 1. The number of halogens is 1. The lowest BCUT2D eigenvalue weighted by Crippen LogP contribution is -2.06. The first-order chi connectivity index (χ1) is 11.6. The fourth-order valence-corrected chi connectivity index (χ4v) is 2.58. The van der Waals surface area contributed by atoms with Crippen LogP contribution in [-0.2, 0) is 17.6 Å². The van der Waals surface area contributed by atoms with Crippen LogP contribution >= 0.6 is 0 Å². The summed E-state index contributed by atoms with van der Waals surface area (Å²) in [4.78, 5) is 20.8. The zero-order valence-electron chi connectivity index (χ0n) is 13.4. The molecule has 0 atom stereocenters. The molecule has 1 heterocycles. The number of benzene rings is 2. The summed E-state index contributed by atoms with van der Waals surface area (Å²) in [5, 5.41) is 0. The third-order valence-corrected chi connectivity index (χ3v) is 3.71. The van der Waals surface area contributed by atoms with Crippen molar-refractivity contribution in [2.75, 3.05) is 0 Å².